The number of urea groups is 1. The topological polar surface area (TPSA) is 197 Å². The van der Waals surface area contributed by atoms with Crippen molar-refractivity contribution in [3.8, 4) is 23.3 Å². The van der Waals surface area contributed by atoms with E-state index >= 15 is 0 Å². The number of alkyl halides is 2. The Labute approximate surface area is 278 Å². The van der Waals surface area contributed by atoms with Crippen molar-refractivity contribution in [2.75, 3.05) is 13.6 Å². The summed E-state index contributed by atoms with van der Waals surface area (Å²) in [6.07, 6.45) is -1.67. The zero-order valence-corrected chi connectivity index (χ0v) is 26.9. The summed E-state index contributed by atoms with van der Waals surface area (Å²) in [4.78, 5) is 79.1. The lowest BCUT2D eigenvalue weighted by Gasteiger charge is -2.41. The third-order valence-corrected chi connectivity index (χ3v) is 7.02. The van der Waals surface area contributed by atoms with E-state index in [1.54, 1.807) is 13.8 Å². The first-order valence-electron chi connectivity index (χ1n) is 14.7. The number of rotatable bonds is 9. The molecule has 18 heteroatoms. The highest BCUT2D eigenvalue weighted by molar-refractivity contribution is 6.09. The van der Waals surface area contributed by atoms with Crippen molar-refractivity contribution >= 4 is 42.2 Å². The Hall–Kier alpha value is -5.73. The van der Waals surface area contributed by atoms with Crippen LogP contribution in [0.3, 0.4) is 0 Å². The number of esters is 3. The van der Waals surface area contributed by atoms with Gasteiger partial charge >= 0.3 is 36.3 Å². The van der Waals surface area contributed by atoms with Crippen LogP contribution in [0.15, 0.2) is 34.8 Å². The summed E-state index contributed by atoms with van der Waals surface area (Å²) >= 11 is 0. The summed E-state index contributed by atoms with van der Waals surface area (Å²) in [5.41, 5.74) is -0.636. The van der Waals surface area contributed by atoms with E-state index in [0.717, 1.165) is 6.92 Å². The van der Waals surface area contributed by atoms with Crippen LogP contribution in [0.2, 0.25) is 0 Å². The van der Waals surface area contributed by atoms with Crippen LogP contribution in [-0.2, 0) is 38.1 Å². The number of benzene rings is 1. The van der Waals surface area contributed by atoms with Crippen molar-refractivity contribution in [1.29, 1.82) is 0 Å². The lowest BCUT2D eigenvalue weighted by molar-refractivity contribution is -0.286. The number of dihydropyridines is 1. The summed E-state index contributed by atoms with van der Waals surface area (Å²) in [5, 5.41) is 5.01. The third-order valence-electron chi connectivity index (χ3n) is 7.02. The molecular formula is C31H32F2N4O12. The number of carbonyl (C=O) groups is 6. The van der Waals surface area contributed by atoms with Gasteiger partial charge in [0.05, 0.1) is 12.0 Å². The van der Waals surface area contributed by atoms with Crippen LogP contribution in [0.25, 0.3) is 0 Å². The maximum Gasteiger partial charge on any atom is 0.586 e. The molecule has 1 saturated heterocycles. The van der Waals surface area contributed by atoms with E-state index < -0.39 is 85.4 Å². The summed E-state index contributed by atoms with van der Waals surface area (Å²) in [6.45, 7) is 5.93. The molecule has 4 rings (SSSR count). The minimum absolute atomic E-state index is 0.191. The Bertz CT molecular complexity index is 1670. The standard InChI is InChI=1S/C31H32F2N4O12/c1-16(2)26(40)45-15-47-29(43)36-30(5)13-19(10-11-34-30)6-8-21-24(27(41)46-14-44-18(4)38)37(25(21)39)28(42)35-17(3)20-7-9-22-23(12-20)49-31(32,33)48-22/h7,9,11-13,16-17,21,24H,10,14-15H2,1-5H3,(H,35,42)(H,36,43). The number of halogens is 2. The molecular weight excluding hydrogens is 658 g/mol. The van der Waals surface area contributed by atoms with E-state index in [0.29, 0.717) is 16.0 Å². The number of nitrogens with one attached hydrogen (secondary N) is 2. The van der Waals surface area contributed by atoms with Gasteiger partial charge in [-0.3, -0.25) is 24.7 Å². The average molecular weight is 691 g/mol. The van der Waals surface area contributed by atoms with E-state index in [1.807, 2.05) is 0 Å². The molecule has 0 aromatic heterocycles. The van der Waals surface area contributed by atoms with Crippen LogP contribution in [0, 0.1) is 23.7 Å². The quantitative estimate of drug-likeness (QED) is 0.167. The zero-order chi connectivity index (χ0) is 36.1. The van der Waals surface area contributed by atoms with Crippen molar-refractivity contribution in [3.05, 3.63) is 35.4 Å². The Morgan fingerprint density at radius 2 is 1.76 bits per heavy atom. The molecule has 4 atom stereocenters. The van der Waals surface area contributed by atoms with Crippen molar-refractivity contribution < 1.29 is 66.0 Å². The summed E-state index contributed by atoms with van der Waals surface area (Å²) < 4.78 is 54.9. The van der Waals surface area contributed by atoms with Crippen molar-refractivity contribution in [2.24, 2.45) is 16.8 Å². The van der Waals surface area contributed by atoms with E-state index in [9.17, 15) is 37.5 Å². The van der Waals surface area contributed by atoms with Gasteiger partial charge in [-0.05, 0) is 37.6 Å². The highest BCUT2D eigenvalue weighted by Gasteiger charge is 2.55. The largest absolute Gasteiger partial charge is 0.586 e. The van der Waals surface area contributed by atoms with Crippen molar-refractivity contribution in [1.82, 2.24) is 15.5 Å². The number of allylic oxidation sites excluding steroid dienone is 1. The Morgan fingerprint density at radius 3 is 2.45 bits per heavy atom. The van der Waals surface area contributed by atoms with Gasteiger partial charge < -0.3 is 33.7 Å². The number of ether oxygens (including phenoxy) is 6. The predicted molar refractivity (Wildman–Crippen MR) is 159 cm³/mol. The van der Waals surface area contributed by atoms with Gasteiger partial charge in [0.15, 0.2) is 23.2 Å². The number of amides is 4. The molecule has 0 bridgehead atoms. The average Bonchev–Trinajstić information content (AvgIpc) is 3.32. The molecule has 262 valence electrons. The first kappa shape index (κ1) is 36.1. The molecule has 3 heterocycles. The summed E-state index contributed by atoms with van der Waals surface area (Å²) in [5.74, 6) is -0.0815. The minimum atomic E-state index is -3.85. The van der Waals surface area contributed by atoms with Crippen molar-refractivity contribution in [2.45, 2.75) is 65.1 Å². The molecule has 0 saturated carbocycles. The highest BCUT2D eigenvalue weighted by Crippen LogP contribution is 2.42. The molecule has 0 spiro atoms. The Morgan fingerprint density at radius 1 is 1.06 bits per heavy atom. The number of imide groups is 1. The van der Waals surface area contributed by atoms with E-state index in [-0.39, 0.29) is 17.9 Å². The normalized spacial score (nSPS) is 22.0. The van der Waals surface area contributed by atoms with E-state index in [2.05, 4.69) is 41.7 Å². The molecule has 1 fully saturated rings. The second-order valence-electron chi connectivity index (χ2n) is 11.3. The Balaban J connectivity index is 1.45. The van der Waals surface area contributed by atoms with Crippen molar-refractivity contribution in [3.63, 3.8) is 0 Å². The molecule has 1 aromatic rings. The molecule has 3 aliphatic heterocycles. The SMILES string of the molecule is CC(=O)OCOC(=O)C1C(C#CC2=CC(C)(NC(=O)OCOC(=O)C(C)C)N=CC2)C(=O)N1C(=O)NC(C)c1ccc2c(c1)OC(F)(F)O2. The van der Waals surface area contributed by atoms with E-state index in [1.165, 1.54) is 44.3 Å². The molecule has 0 aliphatic carbocycles. The smallest absolute Gasteiger partial charge is 0.428 e. The number of hydrogen-bond acceptors (Lipinski definition) is 13. The fourth-order valence-electron chi connectivity index (χ4n) is 4.57. The Kier molecular flexibility index (Phi) is 10.7. The van der Waals surface area contributed by atoms with Gasteiger partial charge in [-0.2, -0.15) is 0 Å². The van der Waals surface area contributed by atoms with E-state index in [4.69, 9.17) is 14.2 Å². The van der Waals surface area contributed by atoms with Crippen LogP contribution in [0.4, 0.5) is 18.4 Å². The third kappa shape index (κ3) is 9.00. The second kappa shape index (κ2) is 14.6. The molecule has 2 N–H and O–H groups in total. The molecule has 3 aliphatic rings. The fraction of sp³-hybridized carbons (Fsp3) is 0.452. The number of hydrogen-bond donors (Lipinski definition) is 2. The number of nitrogens with zero attached hydrogens (tertiary/aromatic N) is 2. The highest BCUT2D eigenvalue weighted by atomic mass is 19.3. The maximum atomic E-state index is 13.4. The summed E-state index contributed by atoms with van der Waals surface area (Å²) in [6, 6.07) is 0.412. The molecule has 1 aromatic carbocycles. The lowest BCUT2D eigenvalue weighted by atomic mass is 9.87. The van der Waals surface area contributed by atoms with Crippen LogP contribution < -0.4 is 20.1 Å². The molecule has 0 radical (unpaired) electrons. The van der Waals surface area contributed by atoms with Crippen LogP contribution >= 0.6 is 0 Å². The number of alkyl carbamates (subject to hydrolysis) is 1. The zero-order valence-electron chi connectivity index (χ0n) is 26.9. The van der Waals surface area contributed by atoms with Gasteiger partial charge in [0.2, 0.25) is 19.5 Å². The summed E-state index contributed by atoms with van der Waals surface area (Å²) in [7, 11) is 0. The second-order valence-corrected chi connectivity index (χ2v) is 11.3. The van der Waals surface area contributed by atoms with Gasteiger partial charge in [-0.25, -0.2) is 19.3 Å². The van der Waals surface area contributed by atoms with Gasteiger partial charge in [-0.15, -0.1) is 8.78 Å². The van der Waals surface area contributed by atoms with Crippen LogP contribution in [-0.4, -0.2) is 78.6 Å². The van der Waals surface area contributed by atoms with Crippen LogP contribution in [0.1, 0.15) is 52.6 Å². The first-order valence-corrected chi connectivity index (χ1v) is 14.7. The van der Waals surface area contributed by atoms with Gasteiger partial charge in [0.25, 0.3) is 0 Å². The number of likely N-dealkylation sites (tertiary alicyclic amines) is 1. The van der Waals surface area contributed by atoms with Gasteiger partial charge in [0, 0.05) is 25.1 Å². The predicted octanol–water partition coefficient (Wildman–Crippen LogP) is 2.67. The van der Waals surface area contributed by atoms with Gasteiger partial charge in [0.1, 0.15) is 5.92 Å². The monoisotopic (exact) mass is 690 g/mol. The fourth-order valence-corrected chi connectivity index (χ4v) is 4.57. The number of aliphatic imine (C=N–C) groups is 1. The minimum Gasteiger partial charge on any atom is -0.428 e. The number of carbonyl (C=O) groups excluding carboxylic acids is 6. The molecule has 16 nitrogen and oxygen atoms in total. The molecule has 49 heavy (non-hydrogen) atoms. The molecule has 4 amide bonds. The van der Waals surface area contributed by atoms with Crippen LogP contribution in [0.5, 0.6) is 11.5 Å². The lowest BCUT2D eigenvalue weighted by Crippen LogP contribution is -2.68. The number of β-lactam (4-membered cyclic amide) rings is 1. The molecule has 4 unspecified atom stereocenters. The maximum absolute atomic E-state index is 13.4. The first-order chi connectivity index (χ1) is 23.0. The number of fused-ring (bicyclic) bond motifs is 1. The van der Waals surface area contributed by atoms with Gasteiger partial charge in [-0.1, -0.05) is 31.8 Å².